The highest BCUT2D eigenvalue weighted by Gasteiger charge is 2.37. The summed E-state index contributed by atoms with van der Waals surface area (Å²) in [6.07, 6.45) is 2.09. The lowest BCUT2D eigenvalue weighted by Gasteiger charge is -2.42. The second kappa shape index (κ2) is 11.8. The number of para-hydroxylation sites is 2. The molecule has 0 N–H and O–H groups in total. The zero-order valence-electron chi connectivity index (χ0n) is 28.1. The third kappa shape index (κ3) is 5.00. The summed E-state index contributed by atoms with van der Waals surface area (Å²) in [4.78, 5) is 2.49. The predicted molar refractivity (Wildman–Crippen MR) is 206 cm³/mol. The molecular formula is C48H39N. The fraction of sp³-hybridized carbons (Fsp3) is 0.125. The summed E-state index contributed by atoms with van der Waals surface area (Å²) >= 11 is 0. The summed E-state index contributed by atoms with van der Waals surface area (Å²) in [5.41, 5.74) is 18.2. The van der Waals surface area contributed by atoms with Crippen LogP contribution in [0.2, 0.25) is 0 Å². The SMILES string of the molecule is CC1(C)c2ccccc2N(c2ccc3c(c2)-c2ccccc2CCC3c2cc(-c3ccccc3)cc(-c3ccccc3)c2)c2ccccc21. The van der Waals surface area contributed by atoms with E-state index in [-0.39, 0.29) is 11.3 Å². The van der Waals surface area contributed by atoms with E-state index in [2.05, 4.69) is 189 Å². The first-order valence-electron chi connectivity index (χ1n) is 17.5. The number of rotatable bonds is 4. The number of aryl methyl sites for hydroxylation is 1. The maximum absolute atomic E-state index is 2.49. The van der Waals surface area contributed by atoms with Gasteiger partial charge in [-0.05, 0) is 104 Å². The summed E-state index contributed by atoms with van der Waals surface area (Å²) in [5, 5.41) is 0. The van der Waals surface area contributed by atoms with E-state index in [0.717, 1.165) is 12.8 Å². The third-order valence-corrected chi connectivity index (χ3v) is 10.9. The molecule has 1 aliphatic carbocycles. The molecule has 7 aromatic carbocycles. The van der Waals surface area contributed by atoms with Crippen LogP contribution in [0.5, 0.6) is 0 Å². The lowest BCUT2D eigenvalue weighted by molar-refractivity contribution is 0.632. The second-order valence-corrected chi connectivity index (χ2v) is 14.1. The van der Waals surface area contributed by atoms with Crippen LogP contribution in [-0.2, 0) is 11.8 Å². The average Bonchev–Trinajstić information content (AvgIpc) is 3.32. The van der Waals surface area contributed by atoms with Gasteiger partial charge in [-0.3, -0.25) is 0 Å². The monoisotopic (exact) mass is 629 g/mol. The van der Waals surface area contributed by atoms with Crippen molar-refractivity contribution in [2.75, 3.05) is 4.90 Å². The normalized spacial score (nSPS) is 15.7. The maximum Gasteiger partial charge on any atom is 0.0502 e. The van der Waals surface area contributed by atoms with E-state index >= 15 is 0 Å². The highest BCUT2D eigenvalue weighted by molar-refractivity contribution is 5.88. The van der Waals surface area contributed by atoms with Crippen molar-refractivity contribution in [1.82, 2.24) is 0 Å². The number of fused-ring (bicyclic) bond motifs is 5. The van der Waals surface area contributed by atoms with E-state index in [1.54, 1.807) is 0 Å². The van der Waals surface area contributed by atoms with Crippen LogP contribution in [0.3, 0.4) is 0 Å². The van der Waals surface area contributed by atoms with Crippen molar-refractivity contribution < 1.29 is 0 Å². The molecule has 236 valence electrons. The van der Waals surface area contributed by atoms with Crippen molar-refractivity contribution >= 4 is 17.1 Å². The Morgan fingerprint density at radius 1 is 0.490 bits per heavy atom. The summed E-state index contributed by atoms with van der Waals surface area (Å²) in [6.45, 7) is 4.71. The molecule has 1 atom stereocenters. The molecule has 1 heterocycles. The van der Waals surface area contributed by atoms with Gasteiger partial charge in [-0.1, -0.05) is 153 Å². The number of nitrogens with zero attached hydrogens (tertiary/aromatic N) is 1. The lowest BCUT2D eigenvalue weighted by atomic mass is 9.73. The molecule has 9 rings (SSSR count). The van der Waals surface area contributed by atoms with Gasteiger partial charge in [0, 0.05) is 17.0 Å². The minimum absolute atomic E-state index is 0.0900. The van der Waals surface area contributed by atoms with Crippen LogP contribution in [0.1, 0.15) is 54.0 Å². The van der Waals surface area contributed by atoms with Crippen molar-refractivity contribution in [2.24, 2.45) is 0 Å². The van der Waals surface area contributed by atoms with Crippen molar-refractivity contribution in [1.29, 1.82) is 0 Å². The van der Waals surface area contributed by atoms with Gasteiger partial charge >= 0.3 is 0 Å². The Bertz CT molecular complexity index is 2210. The van der Waals surface area contributed by atoms with Crippen molar-refractivity contribution in [3.63, 3.8) is 0 Å². The summed E-state index contributed by atoms with van der Waals surface area (Å²) < 4.78 is 0. The Labute approximate surface area is 290 Å². The number of hydrogen-bond acceptors (Lipinski definition) is 1. The molecule has 1 aliphatic heterocycles. The molecule has 1 heteroatoms. The molecule has 0 saturated heterocycles. The van der Waals surface area contributed by atoms with Crippen molar-refractivity contribution in [2.45, 2.75) is 38.0 Å². The van der Waals surface area contributed by atoms with E-state index < -0.39 is 0 Å². The molecule has 0 aromatic heterocycles. The second-order valence-electron chi connectivity index (χ2n) is 14.1. The quantitative estimate of drug-likeness (QED) is 0.187. The van der Waals surface area contributed by atoms with Gasteiger partial charge in [-0.2, -0.15) is 0 Å². The van der Waals surface area contributed by atoms with Gasteiger partial charge in [0.25, 0.3) is 0 Å². The number of hydrogen-bond donors (Lipinski definition) is 0. The Hall–Kier alpha value is -5.66. The average molecular weight is 630 g/mol. The number of anilines is 3. The third-order valence-electron chi connectivity index (χ3n) is 10.9. The van der Waals surface area contributed by atoms with Crippen molar-refractivity contribution in [3.8, 4) is 33.4 Å². The summed E-state index contributed by atoms with van der Waals surface area (Å²) in [6, 6.07) is 63.1. The van der Waals surface area contributed by atoms with E-state index in [1.807, 2.05) is 0 Å². The van der Waals surface area contributed by atoms with Crippen molar-refractivity contribution in [3.05, 3.63) is 198 Å². The highest BCUT2D eigenvalue weighted by Crippen LogP contribution is 2.53. The molecule has 0 amide bonds. The molecule has 2 aliphatic rings. The van der Waals surface area contributed by atoms with Gasteiger partial charge in [0.2, 0.25) is 0 Å². The van der Waals surface area contributed by atoms with Gasteiger partial charge in [0.05, 0.1) is 11.4 Å². The maximum atomic E-state index is 2.49. The molecule has 49 heavy (non-hydrogen) atoms. The van der Waals surface area contributed by atoms with Crippen LogP contribution in [0.25, 0.3) is 33.4 Å². The molecule has 7 aromatic rings. The van der Waals surface area contributed by atoms with Gasteiger partial charge in [0.15, 0.2) is 0 Å². The first-order chi connectivity index (χ1) is 24.1. The van der Waals surface area contributed by atoms with Gasteiger partial charge < -0.3 is 4.90 Å². The zero-order chi connectivity index (χ0) is 33.0. The van der Waals surface area contributed by atoms with E-state index in [0.29, 0.717) is 0 Å². The predicted octanol–water partition coefficient (Wildman–Crippen LogP) is 12.9. The molecule has 0 spiro atoms. The Balaban J connectivity index is 1.25. The standard InChI is InChI=1S/C48H39N/c1-48(2)44-21-11-13-23-46(44)49(47-24-14-12-22-45(47)48)39-26-28-42-41(27-25-35-19-9-10-20-40(35)43(42)32-39)38-30-36(33-15-5-3-6-16-33)29-37(31-38)34-17-7-4-8-18-34/h3-24,26,28-32,41H,25,27H2,1-2H3. The van der Waals surface area contributed by atoms with Crippen LogP contribution in [0, 0.1) is 0 Å². The highest BCUT2D eigenvalue weighted by atomic mass is 15.2. The smallest absolute Gasteiger partial charge is 0.0502 e. The zero-order valence-corrected chi connectivity index (χ0v) is 28.1. The first-order valence-corrected chi connectivity index (χ1v) is 17.5. The molecule has 0 radical (unpaired) electrons. The van der Waals surface area contributed by atoms with Crippen LogP contribution in [-0.4, -0.2) is 0 Å². The van der Waals surface area contributed by atoms with Gasteiger partial charge in [-0.25, -0.2) is 0 Å². The first kappa shape index (κ1) is 29.5. The summed E-state index contributed by atoms with van der Waals surface area (Å²) in [7, 11) is 0. The van der Waals surface area contributed by atoms with E-state index in [9.17, 15) is 0 Å². The lowest BCUT2D eigenvalue weighted by Crippen LogP contribution is -2.30. The van der Waals surface area contributed by atoms with E-state index in [1.165, 1.54) is 78.3 Å². The minimum atomic E-state index is -0.0900. The Morgan fingerprint density at radius 2 is 1.04 bits per heavy atom. The number of benzene rings is 7. The van der Waals surface area contributed by atoms with Gasteiger partial charge in [0.1, 0.15) is 0 Å². The molecular weight excluding hydrogens is 591 g/mol. The molecule has 0 bridgehead atoms. The van der Waals surface area contributed by atoms with Gasteiger partial charge in [-0.15, -0.1) is 0 Å². The van der Waals surface area contributed by atoms with Crippen LogP contribution in [0.4, 0.5) is 17.1 Å². The minimum Gasteiger partial charge on any atom is -0.310 e. The molecule has 0 saturated carbocycles. The molecule has 0 fully saturated rings. The van der Waals surface area contributed by atoms with Crippen LogP contribution >= 0.6 is 0 Å². The summed E-state index contributed by atoms with van der Waals surface area (Å²) in [5.74, 6) is 0.252. The fourth-order valence-electron chi connectivity index (χ4n) is 8.42. The van der Waals surface area contributed by atoms with Crippen LogP contribution in [0.15, 0.2) is 170 Å². The van der Waals surface area contributed by atoms with Crippen LogP contribution < -0.4 is 4.90 Å². The topological polar surface area (TPSA) is 3.24 Å². The molecule has 1 unspecified atom stereocenters. The fourth-order valence-corrected chi connectivity index (χ4v) is 8.42. The Kier molecular flexibility index (Phi) is 7.09. The largest absolute Gasteiger partial charge is 0.310 e. The Morgan fingerprint density at radius 3 is 1.67 bits per heavy atom. The van der Waals surface area contributed by atoms with E-state index in [4.69, 9.17) is 0 Å². The molecule has 1 nitrogen and oxygen atoms in total.